The number of hydrogen-bond donors (Lipinski definition) is 2. The molecule has 0 spiro atoms. The minimum Gasteiger partial charge on any atom is -0.497 e. The van der Waals surface area contributed by atoms with Crippen LogP contribution in [0.15, 0.2) is 66.9 Å². The monoisotopic (exact) mass is 612 g/mol. The van der Waals surface area contributed by atoms with Crippen molar-refractivity contribution >= 4 is 33.4 Å². The number of carbonyl (C=O) groups is 2. The van der Waals surface area contributed by atoms with E-state index < -0.39 is 40.0 Å². The number of pyridine rings is 1. The smallest absolute Gasteiger partial charge is 0.255 e. The number of nitrogens with zero attached hydrogens (tertiary/aromatic N) is 2. The lowest BCUT2D eigenvalue weighted by Crippen LogP contribution is -2.59. The van der Waals surface area contributed by atoms with E-state index in [1.807, 2.05) is 0 Å². The number of ether oxygens (including phenoxy) is 1. The molecule has 1 aromatic heterocycles. The minimum absolute atomic E-state index is 0.00541. The maximum Gasteiger partial charge on any atom is 0.255 e. The molecule has 3 aromatic rings. The van der Waals surface area contributed by atoms with E-state index in [0.717, 1.165) is 19.1 Å². The highest BCUT2D eigenvalue weighted by Gasteiger charge is 2.49. The van der Waals surface area contributed by atoms with Gasteiger partial charge in [-0.05, 0) is 48.2 Å². The molecule has 5 rings (SSSR count). The number of halogens is 1. The maximum atomic E-state index is 14.2. The third-order valence-electron chi connectivity index (χ3n) is 7.74. The lowest BCUT2D eigenvalue weighted by atomic mass is 9.76. The van der Waals surface area contributed by atoms with E-state index in [-0.39, 0.29) is 12.5 Å². The van der Waals surface area contributed by atoms with Crippen LogP contribution in [-0.4, -0.2) is 55.6 Å². The van der Waals surface area contributed by atoms with Crippen molar-refractivity contribution in [3.8, 4) is 5.75 Å². The van der Waals surface area contributed by atoms with Crippen LogP contribution in [-0.2, 0) is 26.3 Å². The molecule has 2 heterocycles. The topological polar surface area (TPSA) is 127 Å². The molecule has 2 aliphatic rings. The second kappa shape index (κ2) is 12.8. The number of amides is 2. The van der Waals surface area contributed by atoms with Crippen LogP contribution in [0.5, 0.6) is 5.75 Å². The zero-order valence-electron chi connectivity index (χ0n) is 23.3. The molecule has 222 valence electrons. The summed E-state index contributed by atoms with van der Waals surface area (Å²) in [5.74, 6) is -0.966. The number of rotatable bonds is 9. The van der Waals surface area contributed by atoms with E-state index in [4.69, 9.17) is 21.2 Å². The predicted molar refractivity (Wildman–Crippen MR) is 157 cm³/mol. The van der Waals surface area contributed by atoms with Crippen LogP contribution in [0.25, 0.3) is 0 Å². The van der Waals surface area contributed by atoms with Crippen molar-refractivity contribution in [3.05, 3.63) is 94.3 Å². The number of hydrogen-bond acceptors (Lipinski definition) is 7. The first-order valence-electron chi connectivity index (χ1n) is 13.7. The number of sulfonamides is 1. The Morgan fingerprint density at radius 1 is 1.10 bits per heavy atom. The molecular formula is C30H33ClN4O6S. The maximum absolute atomic E-state index is 14.2. The molecule has 4 atom stereocenters. The Morgan fingerprint density at radius 2 is 1.83 bits per heavy atom. The quantitative estimate of drug-likeness (QED) is 0.348. The summed E-state index contributed by atoms with van der Waals surface area (Å²) >= 11 is 6.22. The van der Waals surface area contributed by atoms with E-state index in [1.54, 1.807) is 78.9 Å². The Balaban J connectivity index is 1.54. The Hall–Kier alpha value is -3.51. The Labute approximate surface area is 250 Å². The highest BCUT2D eigenvalue weighted by Crippen LogP contribution is 2.46. The first-order valence-corrected chi connectivity index (χ1v) is 16.0. The molecule has 1 unspecified atom stereocenters. The van der Waals surface area contributed by atoms with Gasteiger partial charge in [0.25, 0.3) is 11.8 Å². The average Bonchev–Trinajstić information content (AvgIpc) is 2.97. The van der Waals surface area contributed by atoms with Gasteiger partial charge in [-0.3, -0.25) is 19.4 Å². The number of carbonyl (C=O) groups excluding carboxylic acids is 2. The van der Waals surface area contributed by atoms with Crippen molar-refractivity contribution in [1.29, 1.82) is 0 Å². The summed E-state index contributed by atoms with van der Waals surface area (Å²) in [6.07, 6.45) is 5.50. The van der Waals surface area contributed by atoms with Crippen molar-refractivity contribution in [1.82, 2.24) is 20.1 Å². The predicted octanol–water partition coefficient (Wildman–Crippen LogP) is 4.13. The summed E-state index contributed by atoms with van der Waals surface area (Å²) in [6, 6.07) is 15.7. The summed E-state index contributed by atoms with van der Waals surface area (Å²) in [5.41, 5.74) is 4.78. The van der Waals surface area contributed by atoms with E-state index >= 15 is 0 Å². The highest BCUT2D eigenvalue weighted by atomic mass is 35.5. The van der Waals surface area contributed by atoms with Crippen molar-refractivity contribution in [2.24, 2.45) is 0 Å². The summed E-state index contributed by atoms with van der Waals surface area (Å²) < 4.78 is 32.6. The summed E-state index contributed by atoms with van der Waals surface area (Å²) in [4.78, 5) is 39.8. The van der Waals surface area contributed by atoms with Crippen molar-refractivity contribution in [2.45, 2.75) is 56.3 Å². The second-order valence-corrected chi connectivity index (χ2v) is 12.8. The average molecular weight is 613 g/mol. The van der Waals surface area contributed by atoms with E-state index in [1.165, 1.54) is 0 Å². The fraction of sp³-hybridized carbons (Fsp3) is 0.367. The largest absolute Gasteiger partial charge is 0.497 e. The summed E-state index contributed by atoms with van der Waals surface area (Å²) in [6.45, 7) is -0.00541. The van der Waals surface area contributed by atoms with Gasteiger partial charge < -0.3 is 9.64 Å². The SMILES string of the molecule is COc1ccnc(CONC(=O)[C@@H]2c3ccccc3C(=O)N(C3CCCC[C@@H]3NS(C)(=O)=O)[C@H]2c2ccc(Cl)cc2)c1. The minimum atomic E-state index is -3.55. The Bertz CT molecular complexity index is 1550. The molecule has 1 saturated carbocycles. The molecule has 2 aromatic carbocycles. The van der Waals surface area contributed by atoms with Crippen molar-refractivity contribution in [3.63, 3.8) is 0 Å². The van der Waals surface area contributed by atoms with Crippen LogP contribution in [0.1, 0.15) is 64.8 Å². The third-order valence-corrected chi connectivity index (χ3v) is 8.72. The molecular weight excluding hydrogens is 580 g/mol. The summed E-state index contributed by atoms with van der Waals surface area (Å²) in [7, 11) is -2.00. The van der Waals surface area contributed by atoms with Gasteiger partial charge in [-0.1, -0.05) is 54.8 Å². The molecule has 0 bridgehead atoms. The van der Waals surface area contributed by atoms with Gasteiger partial charge in [0.05, 0.1) is 31.0 Å². The number of benzene rings is 2. The molecule has 1 fully saturated rings. The first-order chi connectivity index (χ1) is 20.2. The zero-order chi connectivity index (χ0) is 29.9. The number of hydroxylamine groups is 1. The van der Waals surface area contributed by atoms with Gasteiger partial charge in [-0.25, -0.2) is 18.6 Å². The fourth-order valence-corrected chi connectivity index (χ4v) is 6.93. The number of fused-ring (bicyclic) bond motifs is 1. The number of methoxy groups -OCH3 is 1. The van der Waals surface area contributed by atoms with Gasteiger partial charge in [0.1, 0.15) is 12.4 Å². The van der Waals surface area contributed by atoms with Crippen LogP contribution in [0.2, 0.25) is 5.02 Å². The van der Waals surface area contributed by atoms with Gasteiger partial charge in [-0.15, -0.1) is 0 Å². The Kier molecular flexibility index (Phi) is 9.12. The first kappa shape index (κ1) is 30.0. The number of nitrogens with one attached hydrogen (secondary N) is 2. The van der Waals surface area contributed by atoms with E-state index in [2.05, 4.69) is 15.2 Å². The number of aromatic nitrogens is 1. The fourth-order valence-electron chi connectivity index (χ4n) is 5.98. The molecule has 1 aliphatic carbocycles. The molecule has 12 heteroatoms. The van der Waals surface area contributed by atoms with E-state index in [9.17, 15) is 18.0 Å². The van der Waals surface area contributed by atoms with Gasteiger partial charge in [0.15, 0.2) is 0 Å². The molecule has 0 radical (unpaired) electrons. The van der Waals surface area contributed by atoms with Gasteiger partial charge in [0, 0.05) is 34.9 Å². The van der Waals surface area contributed by atoms with Crippen LogP contribution >= 0.6 is 11.6 Å². The van der Waals surface area contributed by atoms with Crippen LogP contribution < -0.4 is 14.9 Å². The normalized spacial score (nSPS) is 22.4. The van der Waals surface area contributed by atoms with Gasteiger partial charge in [0.2, 0.25) is 10.0 Å². The van der Waals surface area contributed by atoms with Crippen LogP contribution in [0.3, 0.4) is 0 Å². The van der Waals surface area contributed by atoms with Crippen molar-refractivity contribution in [2.75, 3.05) is 13.4 Å². The molecule has 0 saturated heterocycles. The van der Waals surface area contributed by atoms with Gasteiger partial charge in [-0.2, -0.15) is 0 Å². The third kappa shape index (κ3) is 6.59. The van der Waals surface area contributed by atoms with Gasteiger partial charge >= 0.3 is 0 Å². The molecule has 42 heavy (non-hydrogen) atoms. The molecule has 1 aliphatic heterocycles. The van der Waals surface area contributed by atoms with Crippen LogP contribution in [0.4, 0.5) is 0 Å². The van der Waals surface area contributed by atoms with Crippen LogP contribution in [0, 0.1) is 0 Å². The molecule has 2 N–H and O–H groups in total. The standard InChI is InChI=1S/C30H33ClN4O6S/c1-40-22-15-16-32-21(17-22)18-41-33-29(36)27-23-7-3-4-8-24(23)30(37)35(28(27)19-11-13-20(31)14-12-19)26-10-6-5-9-25(26)34-42(2,38)39/h3-4,7-8,11-17,25-28,34H,5-6,9-10,18H2,1-2H3,(H,33,36)/t25-,26?,27+,28-/m0/s1. The lowest BCUT2D eigenvalue weighted by Gasteiger charge is -2.49. The zero-order valence-corrected chi connectivity index (χ0v) is 24.9. The van der Waals surface area contributed by atoms with E-state index in [0.29, 0.717) is 46.0 Å². The molecule has 10 nitrogen and oxygen atoms in total. The van der Waals surface area contributed by atoms with Crippen molar-refractivity contribution < 1.29 is 27.6 Å². The second-order valence-electron chi connectivity index (χ2n) is 10.6. The molecule has 2 amide bonds. The Morgan fingerprint density at radius 3 is 2.57 bits per heavy atom. The summed E-state index contributed by atoms with van der Waals surface area (Å²) in [5, 5.41) is 0.511. The highest BCUT2D eigenvalue weighted by molar-refractivity contribution is 7.88. The lowest BCUT2D eigenvalue weighted by molar-refractivity contribution is -0.138.